The highest BCUT2D eigenvalue weighted by Crippen LogP contribution is 2.34. The molecule has 2 aromatic rings. The van der Waals surface area contributed by atoms with Crippen LogP contribution in [0.1, 0.15) is 19.4 Å². The minimum atomic E-state index is -0.681. The van der Waals surface area contributed by atoms with E-state index in [-0.39, 0.29) is 24.6 Å². The van der Waals surface area contributed by atoms with Crippen molar-refractivity contribution in [1.29, 1.82) is 0 Å². The molecule has 30 heavy (non-hydrogen) atoms. The molecule has 0 unspecified atom stereocenters. The molecule has 0 radical (unpaired) electrons. The predicted octanol–water partition coefficient (Wildman–Crippen LogP) is 2.85. The Morgan fingerprint density at radius 1 is 1.07 bits per heavy atom. The fraction of sp³-hybridized carbons (Fsp3) is 0.320. The van der Waals surface area contributed by atoms with Crippen LogP contribution in [0.25, 0.3) is 0 Å². The van der Waals surface area contributed by atoms with Gasteiger partial charge in [-0.3, -0.25) is 4.79 Å². The number of ether oxygens (including phenoxy) is 3. The number of hydrogen-bond donors (Lipinski definition) is 0. The fourth-order valence-electron chi connectivity index (χ4n) is 3.56. The summed E-state index contributed by atoms with van der Waals surface area (Å²) in [6.07, 6.45) is -0.893. The third-order valence-corrected chi connectivity index (χ3v) is 5.00. The molecule has 2 saturated heterocycles. The number of para-hydroxylation sites is 1. The Bertz CT molecular complexity index is 1010. The molecule has 2 heterocycles. The molecule has 0 aromatic heterocycles. The Morgan fingerprint density at radius 3 is 2.43 bits per heavy atom. The molecule has 0 N–H and O–H groups in total. The van der Waals surface area contributed by atoms with Crippen molar-refractivity contribution in [3.8, 4) is 29.4 Å². The second kappa shape index (κ2) is 8.63. The molecule has 1 amide bonds. The molecule has 2 aliphatic heterocycles. The van der Waals surface area contributed by atoms with Crippen molar-refractivity contribution < 1.29 is 19.0 Å². The molecule has 2 aliphatic rings. The van der Waals surface area contributed by atoms with E-state index in [1.165, 1.54) is 0 Å². The van der Waals surface area contributed by atoms with Crippen LogP contribution in [0.4, 0.5) is 0 Å². The van der Waals surface area contributed by atoms with Gasteiger partial charge in [-0.05, 0) is 50.0 Å². The van der Waals surface area contributed by atoms with Crippen molar-refractivity contribution in [2.45, 2.75) is 37.9 Å². The van der Waals surface area contributed by atoms with Crippen LogP contribution in [0.5, 0.6) is 5.75 Å². The van der Waals surface area contributed by atoms with Crippen LogP contribution < -0.4 is 4.74 Å². The summed E-state index contributed by atoms with van der Waals surface area (Å²) in [5.74, 6) is 11.5. The Morgan fingerprint density at radius 2 is 1.77 bits per heavy atom. The van der Waals surface area contributed by atoms with E-state index in [2.05, 4.69) is 23.7 Å². The number of amides is 1. The Kier molecular flexibility index (Phi) is 5.77. The molecule has 0 spiro atoms. The SMILES string of the molecule is CC1(C)OC[C@H]([C@H]2[C@@H](Oc3ccccc3)C(=O)N2CC#CC#Cc2ccccc2)O1. The van der Waals surface area contributed by atoms with Gasteiger partial charge in [0.1, 0.15) is 17.9 Å². The van der Waals surface area contributed by atoms with Gasteiger partial charge in [-0.1, -0.05) is 48.2 Å². The average molecular weight is 401 g/mol. The number of hydrogen-bond acceptors (Lipinski definition) is 4. The van der Waals surface area contributed by atoms with Crippen molar-refractivity contribution in [3.05, 3.63) is 66.2 Å². The van der Waals surface area contributed by atoms with Crippen LogP contribution in [0.3, 0.4) is 0 Å². The van der Waals surface area contributed by atoms with E-state index in [0.717, 1.165) is 5.56 Å². The van der Waals surface area contributed by atoms with Gasteiger partial charge in [-0.15, -0.1) is 0 Å². The van der Waals surface area contributed by atoms with Crippen LogP contribution in [-0.2, 0) is 14.3 Å². The van der Waals surface area contributed by atoms with E-state index >= 15 is 0 Å². The molecule has 0 bridgehead atoms. The molecule has 0 saturated carbocycles. The van der Waals surface area contributed by atoms with Crippen LogP contribution in [-0.4, -0.2) is 48.0 Å². The standard InChI is InChI=1S/C25H23NO4/c1-25(2)28-18-21(30-25)22-23(29-20-15-9-4-10-16-20)24(27)26(22)17-11-5-8-14-19-12-6-3-7-13-19/h3-4,6-7,9-10,12-13,15-16,21-23H,17-18H2,1-2H3/t21-,22+,23-/m1/s1. The molecule has 2 fully saturated rings. The first-order chi connectivity index (χ1) is 14.5. The smallest absolute Gasteiger partial charge is 0.267 e. The first kappa shape index (κ1) is 20.0. The van der Waals surface area contributed by atoms with Gasteiger partial charge in [0.05, 0.1) is 13.2 Å². The fourth-order valence-corrected chi connectivity index (χ4v) is 3.56. The monoisotopic (exact) mass is 401 g/mol. The van der Waals surface area contributed by atoms with Gasteiger partial charge in [-0.25, -0.2) is 0 Å². The first-order valence-corrected chi connectivity index (χ1v) is 9.91. The summed E-state index contributed by atoms with van der Waals surface area (Å²) >= 11 is 0. The van der Waals surface area contributed by atoms with Crippen LogP contribution in [0.2, 0.25) is 0 Å². The first-order valence-electron chi connectivity index (χ1n) is 9.91. The lowest BCUT2D eigenvalue weighted by atomic mass is 9.92. The summed E-state index contributed by atoms with van der Waals surface area (Å²) in [7, 11) is 0. The molecular formula is C25H23NO4. The second-order valence-electron chi connectivity index (χ2n) is 7.59. The van der Waals surface area contributed by atoms with Crippen LogP contribution in [0, 0.1) is 23.7 Å². The van der Waals surface area contributed by atoms with Crippen LogP contribution >= 0.6 is 0 Å². The van der Waals surface area contributed by atoms with E-state index in [1.807, 2.05) is 74.5 Å². The van der Waals surface area contributed by atoms with E-state index in [1.54, 1.807) is 4.90 Å². The zero-order chi connectivity index (χ0) is 21.0. The zero-order valence-corrected chi connectivity index (χ0v) is 17.0. The van der Waals surface area contributed by atoms with Gasteiger partial charge in [0.25, 0.3) is 5.91 Å². The summed E-state index contributed by atoms with van der Waals surface area (Å²) in [5.41, 5.74) is 0.903. The highest BCUT2D eigenvalue weighted by atomic mass is 16.7. The lowest BCUT2D eigenvalue weighted by Crippen LogP contribution is -2.71. The number of carbonyl (C=O) groups excluding carboxylic acids is 1. The maximum Gasteiger partial charge on any atom is 0.267 e. The molecule has 0 aliphatic carbocycles. The number of rotatable bonds is 4. The maximum atomic E-state index is 12.8. The van der Waals surface area contributed by atoms with Gasteiger partial charge in [0.15, 0.2) is 11.9 Å². The number of β-lactam (4-membered cyclic amide) rings is 1. The van der Waals surface area contributed by atoms with E-state index in [4.69, 9.17) is 14.2 Å². The summed E-state index contributed by atoms with van der Waals surface area (Å²) in [6, 6.07) is 18.7. The van der Waals surface area contributed by atoms with E-state index in [9.17, 15) is 4.79 Å². The van der Waals surface area contributed by atoms with Gasteiger partial charge < -0.3 is 19.1 Å². The normalized spacial score (nSPS) is 24.1. The lowest BCUT2D eigenvalue weighted by Gasteiger charge is -2.47. The van der Waals surface area contributed by atoms with Crippen molar-refractivity contribution in [2.75, 3.05) is 13.2 Å². The van der Waals surface area contributed by atoms with Gasteiger partial charge >= 0.3 is 0 Å². The molecule has 5 heteroatoms. The second-order valence-corrected chi connectivity index (χ2v) is 7.59. The summed E-state index contributed by atoms with van der Waals surface area (Å²) in [6.45, 7) is 4.40. The van der Waals surface area contributed by atoms with Crippen LogP contribution in [0.15, 0.2) is 60.7 Å². The number of carbonyl (C=O) groups is 1. The molecule has 152 valence electrons. The molecule has 5 nitrogen and oxygen atoms in total. The Balaban J connectivity index is 1.46. The maximum absolute atomic E-state index is 12.8. The Labute approximate surface area is 176 Å². The van der Waals surface area contributed by atoms with E-state index in [0.29, 0.717) is 12.4 Å². The number of benzene rings is 2. The minimum Gasteiger partial charge on any atom is -0.478 e. The molecule has 2 aromatic carbocycles. The lowest BCUT2D eigenvalue weighted by molar-refractivity contribution is -0.184. The van der Waals surface area contributed by atoms with Gasteiger partial charge in [0.2, 0.25) is 0 Å². The highest BCUT2D eigenvalue weighted by Gasteiger charge is 2.56. The van der Waals surface area contributed by atoms with Gasteiger partial charge in [-0.2, -0.15) is 0 Å². The quantitative estimate of drug-likeness (QED) is 0.584. The third kappa shape index (κ3) is 4.49. The summed E-state index contributed by atoms with van der Waals surface area (Å²) in [4.78, 5) is 14.5. The predicted molar refractivity (Wildman–Crippen MR) is 112 cm³/mol. The minimum absolute atomic E-state index is 0.109. The zero-order valence-electron chi connectivity index (χ0n) is 17.0. The van der Waals surface area contributed by atoms with E-state index < -0.39 is 11.9 Å². The van der Waals surface area contributed by atoms with Crippen molar-refractivity contribution in [3.63, 3.8) is 0 Å². The number of likely N-dealkylation sites (tertiary alicyclic amines) is 1. The summed E-state index contributed by atoms with van der Waals surface area (Å²) < 4.78 is 17.7. The van der Waals surface area contributed by atoms with Gasteiger partial charge in [0, 0.05) is 5.56 Å². The highest BCUT2D eigenvalue weighted by molar-refractivity contribution is 5.89. The molecule has 3 atom stereocenters. The average Bonchev–Trinajstić information content (AvgIpc) is 3.11. The summed E-state index contributed by atoms with van der Waals surface area (Å²) in [5, 5.41) is 0. The molecular weight excluding hydrogens is 378 g/mol. The Hall–Kier alpha value is -3.25. The number of nitrogens with zero attached hydrogens (tertiary/aromatic N) is 1. The topological polar surface area (TPSA) is 48.0 Å². The van der Waals surface area contributed by atoms with Crippen molar-refractivity contribution >= 4 is 5.91 Å². The molecule has 4 rings (SSSR count). The largest absolute Gasteiger partial charge is 0.478 e. The third-order valence-electron chi connectivity index (χ3n) is 5.00. The van der Waals surface area contributed by atoms with Crippen molar-refractivity contribution in [2.24, 2.45) is 0 Å². The van der Waals surface area contributed by atoms with Crippen molar-refractivity contribution in [1.82, 2.24) is 4.90 Å².